The quantitative estimate of drug-likeness (QED) is 0.540. The Morgan fingerprint density at radius 3 is 2.33 bits per heavy atom. The van der Waals surface area contributed by atoms with E-state index in [9.17, 15) is 20.1 Å². The first kappa shape index (κ1) is 17.1. The van der Waals surface area contributed by atoms with Gasteiger partial charge in [0.1, 0.15) is 0 Å². The van der Waals surface area contributed by atoms with Crippen molar-refractivity contribution in [3.63, 3.8) is 0 Å². The highest BCUT2D eigenvalue weighted by Gasteiger charge is 2.66. The lowest BCUT2D eigenvalue weighted by Gasteiger charge is -2.58. The molecular weight excluding hydrogens is 308 g/mol. The number of ether oxygens (including phenoxy) is 1. The monoisotopic (exact) mass is 334 g/mol. The van der Waals surface area contributed by atoms with E-state index in [1.165, 1.54) is 0 Å². The number of hydrogen-bond donors (Lipinski definition) is 3. The molecule has 0 radical (unpaired) electrons. The summed E-state index contributed by atoms with van der Waals surface area (Å²) in [4.78, 5) is 12.6. The highest BCUT2D eigenvalue weighted by Crippen LogP contribution is 2.61. The molecule has 3 N–H and O–H groups in total. The van der Waals surface area contributed by atoms with Crippen molar-refractivity contribution in [2.45, 2.75) is 71.0 Å². The maximum absolute atomic E-state index is 12.6. The zero-order valence-corrected chi connectivity index (χ0v) is 14.9. The van der Waals surface area contributed by atoms with E-state index in [0.717, 1.165) is 6.42 Å². The third kappa shape index (κ3) is 1.88. The molecule has 1 aromatic carbocycles. The molecule has 2 atom stereocenters. The number of phenolic OH excluding ortho intramolecular Hbond substituents is 2. The molecular formula is C19H26O5. The van der Waals surface area contributed by atoms with Crippen molar-refractivity contribution in [1.82, 2.24) is 0 Å². The summed E-state index contributed by atoms with van der Waals surface area (Å²) in [5, 5.41) is 32.5. The molecule has 1 aromatic rings. The molecule has 1 saturated carbocycles. The van der Waals surface area contributed by atoms with Crippen LogP contribution in [0.25, 0.3) is 0 Å². The van der Waals surface area contributed by atoms with Crippen molar-refractivity contribution in [3.8, 4) is 11.5 Å². The van der Waals surface area contributed by atoms with Crippen LogP contribution in [0.4, 0.5) is 0 Å². The van der Waals surface area contributed by atoms with E-state index in [0.29, 0.717) is 24.0 Å². The average Bonchev–Trinajstić information content (AvgIpc) is 2.45. The molecule has 0 bridgehead atoms. The molecule has 0 aromatic heterocycles. The van der Waals surface area contributed by atoms with Crippen LogP contribution in [0.5, 0.6) is 11.5 Å². The molecule has 3 rings (SSSR count). The Morgan fingerprint density at radius 2 is 1.75 bits per heavy atom. The number of fused-ring (bicyclic) bond motifs is 3. The van der Waals surface area contributed by atoms with Crippen LogP contribution in [0.3, 0.4) is 0 Å². The van der Waals surface area contributed by atoms with E-state index in [2.05, 4.69) is 0 Å². The van der Waals surface area contributed by atoms with Gasteiger partial charge in [0.15, 0.2) is 11.5 Å². The second kappa shape index (κ2) is 4.88. The third-order valence-electron chi connectivity index (χ3n) is 6.08. The van der Waals surface area contributed by atoms with Crippen LogP contribution >= 0.6 is 0 Å². The smallest absolute Gasteiger partial charge is 0.341 e. The molecule has 0 saturated heterocycles. The summed E-state index contributed by atoms with van der Waals surface area (Å²) in [6.45, 7) is 9.27. The van der Waals surface area contributed by atoms with Crippen molar-refractivity contribution in [1.29, 1.82) is 0 Å². The fourth-order valence-electron chi connectivity index (χ4n) is 4.54. The highest BCUT2D eigenvalue weighted by molar-refractivity contribution is 5.95. The Bertz CT molecular complexity index is 721. The van der Waals surface area contributed by atoms with Crippen LogP contribution in [-0.4, -0.2) is 27.1 Å². The van der Waals surface area contributed by atoms with E-state index in [1.54, 1.807) is 13.0 Å². The Hall–Kier alpha value is -1.75. The number of hydrogen-bond acceptors (Lipinski definition) is 5. The van der Waals surface area contributed by atoms with Crippen molar-refractivity contribution < 1.29 is 24.9 Å². The summed E-state index contributed by atoms with van der Waals surface area (Å²) in [7, 11) is 0. The van der Waals surface area contributed by atoms with Crippen molar-refractivity contribution in [2.24, 2.45) is 5.41 Å². The van der Waals surface area contributed by atoms with E-state index in [-0.39, 0.29) is 23.0 Å². The first-order chi connectivity index (χ1) is 11.0. The Labute approximate surface area is 142 Å². The minimum absolute atomic E-state index is 0.0644. The summed E-state index contributed by atoms with van der Waals surface area (Å²) >= 11 is 0. The maximum atomic E-state index is 12.6. The van der Waals surface area contributed by atoms with Gasteiger partial charge >= 0.3 is 5.97 Å². The van der Waals surface area contributed by atoms with Crippen LogP contribution in [0.1, 0.15) is 81.3 Å². The zero-order valence-electron chi connectivity index (χ0n) is 14.9. The number of rotatable bonds is 1. The molecule has 2 aliphatic rings. The molecule has 1 aliphatic carbocycles. The topological polar surface area (TPSA) is 87.0 Å². The van der Waals surface area contributed by atoms with Gasteiger partial charge in [-0.3, -0.25) is 0 Å². The van der Waals surface area contributed by atoms with Crippen LogP contribution in [0, 0.1) is 5.41 Å². The Morgan fingerprint density at radius 1 is 1.12 bits per heavy atom. The molecule has 0 unspecified atom stereocenters. The lowest BCUT2D eigenvalue weighted by molar-refractivity contribution is -0.292. The van der Waals surface area contributed by atoms with Crippen molar-refractivity contribution in [3.05, 3.63) is 22.8 Å². The Kier molecular flexibility index (Phi) is 3.48. The summed E-state index contributed by atoms with van der Waals surface area (Å²) in [5.41, 5.74) is -0.608. The molecule has 0 spiro atoms. The summed E-state index contributed by atoms with van der Waals surface area (Å²) in [6.07, 6.45) is 2.09. The van der Waals surface area contributed by atoms with Crippen molar-refractivity contribution >= 4 is 5.97 Å². The largest absolute Gasteiger partial charge is 0.504 e. The van der Waals surface area contributed by atoms with E-state index in [4.69, 9.17) is 4.74 Å². The molecule has 132 valence electrons. The lowest BCUT2D eigenvalue weighted by atomic mass is 9.55. The first-order valence-corrected chi connectivity index (χ1v) is 8.51. The average molecular weight is 334 g/mol. The van der Waals surface area contributed by atoms with Gasteiger partial charge in [-0.25, -0.2) is 4.79 Å². The summed E-state index contributed by atoms with van der Waals surface area (Å²) in [6, 6.07) is 1.59. The number of carbonyl (C=O) groups is 1. The second-order valence-corrected chi connectivity index (χ2v) is 8.34. The summed E-state index contributed by atoms with van der Waals surface area (Å²) in [5.74, 6) is -2.98. The summed E-state index contributed by atoms with van der Waals surface area (Å²) < 4.78 is 5.58. The van der Waals surface area contributed by atoms with Gasteiger partial charge in [0.25, 0.3) is 0 Å². The van der Waals surface area contributed by atoms with E-state index >= 15 is 0 Å². The van der Waals surface area contributed by atoms with Gasteiger partial charge in [-0.1, -0.05) is 34.1 Å². The lowest BCUT2D eigenvalue weighted by Crippen LogP contribution is -2.66. The first-order valence-electron chi connectivity index (χ1n) is 8.51. The van der Waals surface area contributed by atoms with Crippen molar-refractivity contribution in [2.75, 3.05) is 0 Å². The SMILES string of the molecule is CC(C)c1cc2c(c(O)c1O)[C@@]1(C)CCCC(C)(C)[C@]1(O)OC2=O. The maximum Gasteiger partial charge on any atom is 0.341 e. The molecule has 1 heterocycles. The number of phenols is 2. The number of esters is 1. The minimum atomic E-state index is -1.73. The number of benzene rings is 1. The van der Waals surface area contributed by atoms with Gasteiger partial charge in [0.2, 0.25) is 5.79 Å². The van der Waals surface area contributed by atoms with Gasteiger partial charge in [0.05, 0.1) is 11.0 Å². The highest BCUT2D eigenvalue weighted by atomic mass is 16.7. The normalized spacial score (nSPS) is 31.4. The van der Waals surface area contributed by atoms with Gasteiger partial charge in [-0.2, -0.15) is 0 Å². The molecule has 1 fully saturated rings. The molecule has 24 heavy (non-hydrogen) atoms. The number of aromatic hydroxyl groups is 2. The minimum Gasteiger partial charge on any atom is -0.504 e. The van der Waals surface area contributed by atoms with Gasteiger partial charge < -0.3 is 20.1 Å². The van der Waals surface area contributed by atoms with E-state index in [1.807, 2.05) is 27.7 Å². The predicted molar refractivity (Wildman–Crippen MR) is 89.2 cm³/mol. The van der Waals surface area contributed by atoms with Gasteiger partial charge in [0, 0.05) is 16.5 Å². The fraction of sp³-hybridized carbons (Fsp3) is 0.632. The predicted octanol–water partition coefficient (Wildman–Crippen LogP) is 3.55. The van der Waals surface area contributed by atoms with Crippen LogP contribution in [0.2, 0.25) is 0 Å². The van der Waals surface area contributed by atoms with Crippen LogP contribution in [0.15, 0.2) is 6.07 Å². The van der Waals surface area contributed by atoms with Crippen LogP contribution in [-0.2, 0) is 10.2 Å². The third-order valence-corrected chi connectivity index (χ3v) is 6.08. The van der Waals surface area contributed by atoms with Gasteiger partial charge in [-0.15, -0.1) is 0 Å². The van der Waals surface area contributed by atoms with E-state index < -0.39 is 22.6 Å². The number of aliphatic hydroxyl groups is 1. The Balaban J connectivity index is 2.35. The molecule has 5 heteroatoms. The number of carbonyl (C=O) groups excluding carboxylic acids is 1. The van der Waals surface area contributed by atoms with Crippen LogP contribution < -0.4 is 0 Å². The second-order valence-electron chi connectivity index (χ2n) is 8.34. The molecule has 5 nitrogen and oxygen atoms in total. The fourth-order valence-corrected chi connectivity index (χ4v) is 4.54. The standard InChI is InChI=1S/C19H26O5/c1-10(2)11-9-12-13(15(21)14(11)20)18(5)8-6-7-17(3,4)19(18,23)24-16(12)22/h9-10,20-21,23H,6-8H2,1-5H3/t18-,19+/m1/s1. The zero-order chi connectivity index (χ0) is 18.1. The van der Waals surface area contributed by atoms with Gasteiger partial charge in [-0.05, 0) is 31.7 Å². The molecule has 0 amide bonds. The molecule has 1 aliphatic heterocycles.